The van der Waals surface area contributed by atoms with Crippen LogP contribution < -0.4 is 30.6 Å². The number of aromatic amines is 1. The Kier molecular flexibility index (Phi) is 12.8. The number of anilines is 1. The Bertz CT molecular complexity index is 2370. The van der Waals surface area contributed by atoms with E-state index >= 15 is 0 Å². The van der Waals surface area contributed by atoms with Gasteiger partial charge in [0.15, 0.2) is 0 Å². The van der Waals surface area contributed by atoms with Gasteiger partial charge in [-0.1, -0.05) is 12.1 Å². The lowest BCUT2D eigenvalue weighted by atomic mass is 9.95. The number of amides is 5. The van der Waals surface area contributed by atoms with Crippen LogP contribution in [0.3, 0.4) is 0 Å². The topological polar surface area (TPSA) is 176 Å². The summed E-state index contributed by atoms with van der Waals surface area (Å²) in [7, 11) is 0. The van der Waals surface area contributed by atoms with Gasteiger partial charge in [0.25, 0.3) is 23.3 Å². The highest BCUT2D eigenvalue weighted by Crippen LogP contribution is 2.35. The van der Waals surface area contributed by atoms with Crippen LogP contribution >= 0.6 is 0 Å². The molecule has 314 valence electrons. The predicted octanol–water partition coefficient (Wildman–Crippen LogP) is 5.54. The number of H-pyrrole nitrogens is 1. The molecular weight excluding hydrogens is 767 g/mol. The van der Waals surface area contributed by atoms with E-state index in [4.69, 9.17) is 14.2 Å². The van der Waals surface area contributed by atoms with E-state index in [2.05, 4.69) is 33.5 Å². The second kappa shape index (κ2) is 18.3. The Morgan fingerprint density at radius 2 is 1.52 bits per heavy atom. The Hall–Kier alpha value is -6.28. The summed E-state index contributed by atoms with van der Waals surface area (Å²) in [5, 5.41) is 5.21. The Morgan fingerprint density at radius 3 is 2.20 bits per heavy atom. The van der Waals surface area contributed by atoms with E-state index in [0.29, 0.717) is 61.9 Å². The Labute approximate surface area is 348 Å². The number of hydrogen-bond donors (Lipinski definition) is 3. The van der Waals surface area contributed by atoms with Crippen LogP contribution in [0.15, 0.2) is 65.5 Å². The average Bonchev–Trinajstić information content (AvgIpc) is 3.47. The highest BCUT2D eigenvalue weighted by atomic mass is 16.5. The summed E-state index contributed by atoms with van der Waals surface area (Å²) in [5.74, 6) is -1.34. The molecule has 1 unspecified atom stereocenters. The molecule has 0 saturated carbocycles. The van der Waals surface area contributed by atoms with Gasteiger partial charge < -0.3 is 29.4 Å². The molecule has 0 bridgehead atoms. The van der Waals surface area contributed by atoms with Gasteiger partial charge in [-0.2, -0.15) is 0 Å². The van der Waals surface area contributed by atoms with Gasteiger partial charge in [-0.25, -0.2) is 0 Å². The number of imide groups is 2. The molecule has 2 fully saturated rings. The first-order chi connectivity index (χ1) is 28.9. The van der Waals surface area contributed by atoms with Crippen molar-refractivity contribution in [2.24, 2.45) is 0 Å². The van der Waals surface area contributed by atoms with Crippen molar-refractivity contribution < 1.29 is 38.2 Å². The van der Waals surface area contributed by atoms with Gasteiger partial charge in [0.05, 0.1) is 24.3 Å². The minimum Gasteiger partial charge on any atom is -0.494 e. The summed E-state index contributed by atoms with van der Waals surface area (Å²) in [6.45, 7) is 10.9. The molecule has 7 rings (SSSR count). The molecule has 14 nitrogen and oxygen atoms in total. The number of unbranched alkanes of at least 4 members (excludes halogenated alkanes) is 1. The van der Waals surface area contributed by atoms with Crippen molar-refractivity contribution in [3.05, 3.63) is 110 Å². The van der Waals surface area contributed by atoms with Crippen LogP contribution in [0.25, 0.3) is 11.1 Å². The lowest BCUT2D eigenvalue weighted by molar-refractivity contribution is -0.136. The standard InChI is InChI=1S/C46H51N5O9/c1-5-50(32-16-20-58-21-17-32)40-24-31(23-36(29(40)4)42(53)47-26-38-27(2)22-28(3)48-43(38)54)30-8-10-33(11-9-30)59-18-6-7-19-60-34-12-13-35-37(25-34)46(57)51(45(35)56)39-14-15-41(52)49-44(39)55/h8-13,22-25,32,39H,5-7,14-21,26H2,1-4H3,(H,47,53)(H,48,54)(H,49,52,55). The molecule has 5 amide bonds. The molecule has 0 aliphatic carbocycles. The summed E-state index contributed by atoms with van der Waals surface area (Å²) in [5.41, 5.74) is 6.52. The maximum atomic E-state index is 13.9. The molecule has 3 aromatic carbocycles. The average molecular weight is 818 g/mol. The number of carbonyl (C=O) groups excluding carboxylic acids is 5. The van der Waals surface area contributed by atoms with Crippen molar-refractivity contribution in [2.75, 3.05) is 37.9 Å². The lowest BCUT2D eigenvalue weighted by Gasteiger charge is -2.37. The van der Waals surface area contributed by atoms with Gasteiger partial charge in [0.1, 0.15) is 17.5 Å². The van der Waals surface area contributed by atoms with Crippen molar-refractivity contribution in [2.45, 2.75) is 84.8 Å². The Morgan fingerprint density at radius 1 is 0.833 bits per heavy atom. The van der Waals surface area contributed by atoms with Crippen LogP contribution in [0, 0.1) is 20.8 Å². The number of nitrogens with zero attached hydrogens (tertiary/aromatic N) is 2. The van der Waals surface area contributed by atoms with Crippen molar-refractivity contribution >= 4 is 35.2 Å². The van der Waals surface area contributed by atoms with Gasteiger partial charge in [0, 0.05) is 61.3 Å². The van der Waals surface area contributed by atoms with E-state index in [1.54, 1.807) is 6.07 Å². The van der Waals surface area contributed by atoms with Crippen LogP contribution in [0.5, 0.6) is 11.5 Å². The van der Waals surface area contributed by atoms with E-state index in [0.717, 1.165) is 57.9 Å². The maximum Gasteiger partial charge on any atom is 0.262 e. The highest BCUT2D eigenvalue weighted by Gasteiger charge is 2.44. The van der Waals surface area contributed by atoms with Crippen molar-refractivity contribution in [3.8, 4) is 22.6 Å². The first kappa shape index (κ1) is 41.9. The Balaban J connectivity index is 0.969. The van der Waals surface area contributed by atoms with Crippen LogP contribution in [-0.4, -0.2) is 84.5 Å². The van der Waals surface area contributed by atoms with E-state index in [1.165, 1.54) is 12.1 Å². The molecule has 4 aromatic rings. The number of aromatic nitrogens is 1. The largest absolute Gasteiger partial charge is 0.494 e. The number of piperidine rings is 1. The zero-order chi connectivity index (χ0) is 42.5. The summed E-state index contributed by atoms with van der Waals surface area (Å²) in [6, 6.07) is 17.7. The fourth-order valence-electron chi connectivity index (χ4n) is 8.25. The molecule has 60 heavy (non-hydrogen) atoms. The fraction of sp³-hybridized carbons (Fsp3) is 0.391. The molecule has 0 radical (unpaired) electrons. The first-order valence-corrected chi connectivity index (χ1v) is 20.6. The van der Waals surface area contributed by atoms with Gasteiger partial charge in [0.2, 0.25) is 11.8 Å². The summed E-state index contributed by atoms with van der Waals surface area (Å²) >= 11 is 0. The molecule has 1 aromatic heterocycles. The number of rotatable bonds is 15. The molecule has 3 aliphatic rings. The second-order valence-electron chi connectivity index (χ2n) is 15.5. The number of aryl methyl sites for hydroxylation is 2. The minimum atomic E-state index is -1.02. The summed E-state index contributed by atoms with van der Waals surface area (Å²) in [4.78, 5) is 82.8. The molecule has 0 spiro atoms. The SMILES string of the molecule is CCN(c1cc(-c2ccc(OCCCCOc3ccc4c(c3)C(=O)N(C3CCC(=O)NC3=O)C4=O)cc2)cc(C(=O)NCc2c(C)cc(C)[nH]c2=O)c1C)C1CCOCC1. The van der Waals surface area contributed by atoms with Crippen molar-refractivity contribution in [3.63, 3.8) is 0 Å². The minimum absolute atomic E-state index is 0.0564. The zero-order valence-electron chi connectivity index (χ0n) is 34.5. The number of ether oxygens (including phenoxy) is 3. The van der Waals surface area contributed by atoms with Gasteiger partial charge in [-0.3, -0.25) is 39.0 Å². The summed E-state index contributed by atoms with van der Waals surface area (Å²) < 4.78 is 17.6. The molecule has 3 aliphatic heterocycles. The quantitative estimate of drug-likeness (QED) is 0.102. The number of benzene rings is 3. The third kappa shape index (κ3) is 8.98. The third-order valence-electron chi connectivity index (χ3n) is 11.5. The number of hydrogen-bond acceptors (Lipinski definition) is 10. The number of fused-ring (bicyclic) bond motifs is 1. The van der Waals surface area contributed by atoms with E-state index in [-0.39, 0.29) is 48.0 Å². The highest BCUT2D eigenvalue weighted by molar-refractivity contribution is 6.23. The normalized spacial score (nSPS) is 16.7. The number of nitrogens with one attached hydrogen (secondary N) is 3. The van der Waals surface area contributed by atoms with Crippen molar-refractivity contribution in [1.29, 1.82) is 0 Å². The molecule has 4 heterocycles. The monoisotopic (exact) mass is 817 g/mol. The van der Waals surface area contributed by atoms with Crippen LogP contribution in [-0.2, 0) is 20.9 Å². The van der Waals surface area contributed by atoms with Gasteiger partial charge in [-0.05, 0) is 131 Å². The van der Waals surface area contributed by atoms with E-state index < -0.39 is 29.7 Å². The molecule has 1 atom stereocenters. The van der Waals surface area contributed by atoms with Gasteiger partial charge in [-0.15, -0.1) is 0 Å². The first-order valence-electron chi connectivity index (χ1n) is 20.6. The zero-order valence-corrected chi connectivity index (χ0v) is 34.5. The predicted molar refractivity (Wildman–Crippen MR) is 225 cm³/mol. The fourth-order valence-corrected chi connectivity index (χ4v) is 8.25. The van der Waals surface area contributed by atoms with E-state index in [9.17, 15) is 28.8 Å². The molecule has 3 N–H and O–H groups in total. The molecular formula is C46H51N5O9. The van der Waals surface area contributed by atoms with Crippen LogP contribution in [0.4, 0.5) is 5.69 Å². The number of pyridine rings is 1. The smallest absolute Gasteiger partial charge is 0.262 e. The van der Waals surface area contributed by atoms with Crippen LogP contribution in [0.1, 0.15) is 98.9 Å². The van der Waals surface area contributed by atoms with E-state index in [1.807, 2.05) is 57.2 Å². The maximum absolute atomic E-state index is 13.9. The second-order valence-corrected chi connectivity index (χ2v) is 15.5. The van der Waals surface area contributed by atoms with Crippen molar-refractivity contribution in [1.82, 2.24) is 20.5 Å². The van der Waals surface area contributed by atoms with Gasteiger partial charge >= 0.3 is 0 Å². The third-order valence-corrected chi connectivity index (χ3v) is 11.5. The van der Waals surface area contributed by atoms with Crippen LogP contribution in [0.2, 0.25) is 0 Å². The summed E-state index contributed by atoms with van der Waals surface area (Å²) in [6.07, 6.45) is 3.31. The molecule has 14 heteroatoms. The molecule has 2 saturated heterocycles. The lowest BCUT2D eigenvalue weighted by Crippen LogP contribution is -2.54. The number of carbonyl (C=O) groups is 5.